The predicted octanol–water partition coefficient (Wildman–Crippen LogP) is -1.57. The Bertz CT molecular complexity index is 1840. The molecule has 6 rings (SSSR count). The first kappa shape index (κ1) is 31.5. The van der Waals surface area contributed by atoms with Crippen LogP contribution in [0.2, 0.25) is 4.34 Å². The van der Waals surface area contributed by atoms with E-state index in [1.165, 1.54) is 18.7 Å². The summed E-state index contributed by atoms with van der Waals surface area (Å²) in [6.45, 7) is 2.91. The smallest absolute Gasteiger partial charge is 0.351 e. The Morgan fingerprint density at radius 1 is 1.37 bits per heavy atom. The van der Waals surface area contributed by atoms with Crippen molar-refractivity contribution in [3.05, 3.63) is 39.6 Å². The minimum Gasteiger partial charge on any atom is -0.543 e. The number of pyridine rings is 1. The molecule has 6 heterocycles. The number of halogens is 1. The number of imidazole rings is 1. The van der Waals surface area contributed by atoms with Gasteiger partial charge in [0.1, 0.15) is 33.5 Å². The third kappa shape index (κ3) is 5.59. The Kier molecular flexibility index (Phi) is 8.49. The molecule has 2 amide bonds. The summed E-state index contributed by atoms with van der Waals surface area (Å²) in [6.07, 6.45) is 1.23. The number of oxime groups is 1. The number of fused-ring (bicyclic) bond motifs is 2. The molecule has 0 radical (unpaired) electrons. The van der Waals surface area contributed by atoms with Gasteiger partial charge in [-0.2, -0.15) is 0 Å². The summed E-state index contributed by atoms with van der Waals surface area (Å²) in [6, 6.07) is 2.70. The highest BCUT2D eigenvalue weighted by molar-refractivity contribution is 8.00. The number of rotatable bonds is 10. The molecule has 17 nitrogen and oxygen atoms in total. The van der Waals surface area contributed by atoms with E-state index >= 15 is 0 Å². The van der Waals surface area contributed by atoms with Gasteiger partial charge in [0.05, 0.1) is 23.9 Å². The average molecular weight is 691 g/mol. The van der Waals surface area contributed by atoms with Crippen LogP contribution in [-0.2, 0) is 30.6 Å². The number of carbonyl (C=O) groups is 4. The average Bonchev–Trinajstić information content (AvgIpc) is 3.74. The first-order valence-corrected chi connectivity index (χ1v) is 16.1. The number of carbonyl (C=O) groups excluding carboxylic acids is 3. The zero-order chi connectivity index (χ0) is 32.9. The van der Waals surface area contributed by atoms with Crippen LogP contribution in [0.25, 0.3) is 11.2 Å². The minimum atomic E-state index is -1.55. The molecule has 46 heavy (non-hydrogen) atoms. The molecule has 0 bridgehead atoms. The number of nitrogens with two attached hydrogens (primary N) is 2. The van der Waals surface area contributed by atoms with Gasteiger partial charge in [0.25, 0.3) is 11.8 Å². The molecule has 0 aliphatic carbocycles. The summed E-state index contributed by atoms with van der Waals surface area (Å²) < 4.78 is 3.73. The molecular weight excluding hydrogens is 664 g/mol. The monoisotopic (exact) mass is 690 g/mol. The van der Waals surface area contributed by atoms with Gasteiger partial charge < -0.3 is 41.9 Å². The molecule has 0 spiro atoms. The number of amides is 2. The number of aliphatic carboxylic acids is 2. The van der Waals surface area contributed by atoms with Crippen LogP contribution in [0.4, 0.5) is 11.1 Å². The molecule has 20 heteroatoms. The lowest BCUT2D eigenvalue weighted by atomic mass is 10.0. The number of carboxylic acids is 2. The molecule has 3 aromatic heterocycles. The molecule has 3 unspecified atom stereocenters. The second-order valence-corrected chi connectivity index (χ2v) is 13.4. The maximum atomic E-state index is 13.4. The zero-order valence-corrected chi connectivity index (χ0v) is 26.4. The largest absolute Gasteiger partial charge is 0.543 e. The molecule has 4 atom stereocenters. The van der Waals surface area contributed by atoms with Gasteiger partial charge in [0.15, 0.2) is 10.8 Å². The van der Waals surface area contributed by atoms with E-state index in [0.717, 1.165) is 41.3 Å². The van der Waals surface area contributed by atoms with Gasteiger partial charge in [-0.05, 0) is 37.0 Å². The van der Waals surface area contributed by atoms with Crippen LogP contribution in [0.5, 0.6) is 0 Å². The summed E-state index contributed by atoms with van der Waals surface area (Å²) in [7, 11) is 0. The highest BCUT2D eigenvalue weighted by Gasteiger charge is 2.53. The number of nitrogen functional groups attached to an aromatic ring is 2. The van der Waals surface area contributed by atoms with Crippen molar-refractivity contribution in [1.29, 1.82) is 0 Å². The summed E-state index contributed by atoms with van der Waals surface area (Å²) in [5, 5.41) is 30.3. The van der Waals surface area contributed by atoms with E-state index in [4.69, 9.17) is 33.0 Å². The number of thiazole rings is 1. The fraction of sp³-hybridized carbons (Fsp3) is 0.385. The first-order chi connectivity index (χ1) is 22.0. The number of hydrogen-bond acceptors (Lipinski definition) is 14. The number of nitrogens with one attached hydrogen (secondary N) is 2. The Morgan fingerprint density at radius 3 is 2.80 bits per heavy atom. The van der Waals surface area contributed by atoms with Crippen molar-refractivity contribution < 1.29 is 38.8 Å². The van der Waals surface area contributed by atoms with E-state index in [1.54, 1.807) is 10.8 Å². The first-order valence-electron chi connectivity index (χ1n) is 13.9. The number of carboxylic acid groups (broad SMARTS) is 2. The fourth-order valence-corrected chi connectivity index (χ4v) is 7.80. The van der Waals surface area contributed by atoms with Crippen molar-refractivity contribution >= 4 is 86.4 Å². The van der Waals surface area contributed by atoms with Gasteiger partial charge in [-0.1, -0.05) is 28.1 Å². The normalized spacial score (nSPS) is 22.0. The number of nitrogens with zero attached hydrogens (tertiary/aromatic N) is 6. The second kappa shape index (κ2) is 12.4. The lowest BCUT2D eigenvalue weighted by molar-refractivity contribution is -0.664. The maximum Gasteiger partial charge on any atom is 0.351 e. The third-order valence-corrected chi connectivity index (χ3v) is 10.2. The quantitative estimate of drug-likeness (QED) is 0.0699. The Balaban J connectivity index is 1.25. The van der Waals surface area contributed by atoms with Gasteiger partial charge in [-0.25, -0.2) is 14.3 Å². The van der Waals surface area contributed by atoms with E-state index in [0.29, 0.717) is 17.2 Å². The van der Waals surface area contributed by atoms with E-state index in [1.807, 2.05) is 16.7 Å². The maximum absolute atomic E-state index is 13.4. The summed E-state index contributed by atoms with van der Waals surface area (Å²) in [5.41, 5.74) is 12.8. The number of β-lactam (4-membered cyclic amide) rings is 1. The van der Waals surface area contributed by atoms with Crippen LogP contribution in [-0.4, -0.2) is 90.4 Å². The fourth-order valence-electron chi connectivity index (χ4n) is 5.54. The minimum absolute atomic E-state index is 0.00957. The van der Waals surface area contributed by atoms with Crippen LogP contribution in [0.1, 0.15) is 25.1 Å². The zero-order valence-electron chi connectivity index (χ0n) is 24.0. The van der Waals surface area contributed by atoms with E-state index in [-0.39, 0.29) is 39.2 Å². The number of anilines is 2. The lowest BCUT2D eigenvalue weighted by Crippen LogP contribution is -2.71. The van der Waals surface area contributed by atoms with Crippen LogP contribution in [0.15, 0.2) is 34.8 Å². The van der Waals surface area contributed by atoms with Gasteiger partial charge in [-0.3, -0.25) is 19.1 Å². The standard InChI is InChI=1S/C26H27ClN10O7S2/c1-10(23(40)41)44-34-15(14-18(27)46-26(29)32-14)20(38)31-16-21(39)37-17(24(42)43)11(9-45-22(16)37)8-35-6-2-3-13-19(35)33-25(28)36(13)12-4-5-30-7-12/h2-3,6,10,12,16,22,28,30H,4-5,7-9H2,1H3,(H5,29,31,32,38,40,41,42,43)/b34-15-/t10-,12?,16?,22?/m0/s1. The predicted molar refractivity (Wildman–Crippen MR) is 164 cm³/mol. The third-order valence-electron chi connectivity index (χ3n) is 7.73. The molecule has 2 saturated heterocycles. The lowest BCUT2D eigenvalue weighted by Gasteiger charge is -2.50. The molecular formula is C26H27ClN10O7S2. The van der Waals surface area contributed by atoms with Crippen molar-refractivity contribution in [2.75, 3.05) is 30.3 Å². The number of thioether (sulfide) groups is 1. The van der Waals surface area contributed by atoms with E-state index < -0.39 is 47.0 Å². The van der Waals surface area contributed by atoms with Gasteiger partial charge >= 0.3 is 17.6 Å². The van der Waals surface area contributed by atoms with Crippen molar-refractivity contribution in [3.63, 3.8) is 0 Å². The molecule has 3 aliphatic rings. The molecule has 0 aromatic carbocycles. The summed E-state index contributed by atoms with van der Waals surface area (Å²) in [5.74, 6) is -4.00. The van der Waals surface area contributed by atoms with Crippen LogP contribution < -0.4 is 31.8 Å². The Labute approximate surface area is 273 Å². The van der Waals surface area contributed by atoms with Gasteiger partial charge in [0, 0.05) is 17.9 Å². The van der Waals surface area contributed by atoms with Crippen molar-refractivity contribution in [1.82, 2.24) is 30.1 Å². The Hall–Kier alpha value is -4.46. The van der Waals surface area contributed by atoms with Crippen LogP contribution in [0, 0.1) is 0 Å². The van der Waals surface area contributed by atoms with Crippen LogP contribution >= 0.6 is 34.7 Å². The van der Waals surface area contributed by atoms with Gasteiger partial charge in [0.2, 0.25) is 6.10 Å². The number of hydrogen-bond donors (Lipinski definition) is 5. The molecule has 242 valence electrons. The van der Waals surface area contributed by atoms with Crippen molar-refractivity contribution in [2.45, 2.75) is 43.5 Å². The summed E-state index contributed by atoms with van der Waals surface area (Å²) in [4.78, 5) is 64.9. The topological polar surface area (TPSA) is 247 Å². The van der Waals surface area contributed by atoms with E-state index in [2.05, 4.69) is 25.8 Å². The molecule has 3 aromatic rings. The SMILES string of the molecule is C[C@H](O/N=C(\C(=O)NC1C(=O)N2C(C(=O)[O-])=C(C[n+]3cccc4c3nc(N)n4C3CCNC3)CSC12)c1nc(N)sc1Cl)C(=O)O. The number of aromatic nitrogens is 4. The second-order valence-electron chi connectivity index (χ2n) is 10.6. The molecule has 0 saturated carbocycles. The molecule has 7 N–H and O–H groups in total. The van der Waals surface area contributed by atoms with Crippen molar-refractivity contribution in [2.24, 2.45) is 5.16 Å². The van der Waals surface area contributed by atoms with Gasteiger partial charge in [-0.15, -0.1) is 11.8 Å². The highest BCUT2D eigenvalue weighted by Crippen LogP contribution is 2.40. The van der Waals surface area contributed by atoms with Crippen LogP contribution in [0.3, 0.4) is 0 Å². The Morgan fingerprint density at radius 2 is 2.15 bits per heavy atom. The molecule has 2 fully saturated rings. The van der Waals surface area contributed by atoms with E-state index in [9.17, 15) is 24.3 Å². The highest BCUT2D eigenvalue weighted by atomic mass is 35.5. The molecule has 3 aliphatic heterocycles. The van der Waals surface area contributed by atoms with Crippen molar-refractivity contribution in [3.8, 4) is 0 Å². The summed E-state index contributed by atoms with van der Waals surface area (Å²) >= 11 is 8.27.